The summed E-state index contributed by atoms with van der Waals surface area (Å²) >= 11 is 0. The van der Waals surface area contributed by atoms with E-state index in [1.807, 2.05) is 12.1 Å². The first-order chi connectivity index (χ1) is 9.20. The zero-order valence-corrected chi connectivity index (χ0v) is 10.6. The molecule has 0 atom stereocenters. The van der Waals surface area contributed by atoms with Crippen molar-refractivity contribution in [2.45, 2.75) is 6.54 Å². The van der Waals surface area contributed by atoms with Gasteiger partial charge in [0.25, 0.3) is 0 Å². The summed E-state index contributed by atoms with van der Waals surface area (Å²) in [6.45, 7) is 0.643. The SMILES string of the molecule is COC(=O)c1ccc(NCc2ccncc2)c(N)c1. The van der Waals surface area contributed by atoms with Gasteiger partial charge in [-0.2, -0.15) is 0 Å². The van der Waals surface area contributed by atoms with Crippen LogP contribution < -0.4 is 11.1 Å². The van der Waals surface area contributed by atoms with Gasteiger partial charge < -0.3 is 15.8 Å². The minimum absolute atomic E-state index is 0.396. The third-order valence-electron chi connectivity index (χ3n) is 2.70. The smallest absolute Gasteiger partial charge is 0.337 e. The molecular weight excluding hydrogens is 242 g/mol. The molecule has 0 unspecified atom stereocenters. The Morgan fingerprint density at radius 3 is 2.68 bits per heavy atom. The number of nitrogens with zero attached hydrogens (tertiary/aromatic N) is 1. The second-order valence-corrected chi connectivity index (χ2v) is 4.00. The van der Waals surface area contributed by atoms with E-state index in [1.165, 1.54) is 7.11 Å². The van der Waals surface area contributed by atoms with Crippen molar-refractivity contribution in [3.8, 4) is 0 Å². The number of nitrogens with two attached hydrogens (primary N) is 1. The summed E-state index contributed by atoms with van der Waals surface area (Å²) in [6.07, 6.45) is 3.47. The van der Waals surface area contributed by atoms with Crippen LogP contribution in [0.4, 0.5) is 11.4 Å². The molecule has 2 rings (SSSR count). The zero-order chi connectivity index (χ0) is 13.7. The van der Waals surface area contributed by atoms with Crippen molar-refractivity contribution in [2.75, 3.05) is 18.2 Å². The summed E-state index contributed by atoms with van der Waals surface area (Å²) in [5.74, 6) is -0.396. The van der Waals surface area contributed by atoms with Crippen molar-refractivity contribution in [3.05, 3.63) is 53.9 Å². The normalized spacial score (nSPS) is 9.95. The number of methoxy groups -OCH3 is 1. The number of ether oxygens (including phenoxy) is 1. The highest BCUT2D eigenvalue weighted by Gasteiger charge is 2.07. The minimum atomic E-state index is -0.396. The van der Waals surface area contributed by atoms with Gasteiger partial charge in [-0.25, -0.2) is 4.79 Å². The number of rotatable bonds is 4. The molecule has 98 valence electrons. The molecule has 0 aliphatic carbocycles. The highest BCUT2D eigenvalue weighted by molar-refractivity contribution is 5.91. The van der Waals surface area contributed by atoms with Crippen molar-refractivity contribution in [2.24, 2.45) is 0 Å². The van der Waals surface area contributed by atoms with Gasteiger partial charge in [0.1, 0.15) is 0 Å². The molecule has 0 saturated heterocycles. The monoisotopic (exact) mass is 257 g/mol. The minimum Gasteiger partial charge on any atom is -0.465 e. The van der Waals surface area contributed by atoms with Crippen LogP contribution in [0.2, 0.25) is 0 Å². The fraction of sp³-hybridized carbons (Fsp3) is 0.143. The number of pyridine rings is 1. The van der Waals surface area contributed by atoms with E-state index in [0.717, 1.165) is 11.3 Å². The lowest BCUT2D eigenvalue weighted by Crippen LogP contribution is -2.06. The number of carbonyl (C=O) groups is 1. The quantitative estimate of drug-likeness (QED) is 0.647. The molecular formula is C14H15N3O2. The Balaban J connectivity index is 2.07. The average Bonchev–Trinajstić information content (AvgIpc) is 2.46. The van der Waals surface area contributed by atoms with Crippen molar-refractivity contribution < 1.29 is 9.53 Å². The second kappa shape index (κ2) is 5.86. The first-order valence-electron chi connectivity index (χ1n) is 5.81. The number of esters is 1. The van der Waals surface area contributed by atoms with Crippen LogP contribution in [0.1, 0.15) is 15.9 Å². The number of anilines is 2. The lowest BCUT2D eigenvalue weighted by Gasteiger charge is -2.10. The number of carbonyl (C=O) groups excluding carboxylic acids is 1. The van der Waals surface area contributed by atoms with Crippen LogP contribution in [0.5, 0.6) is 0 Å². The highest BCUT2D eigenvalue weighted by Crippen LogP contribution is 2.21. The molecule has 0 amide bonds. The van der Waals surface area contributed by atoms with E-state index >= 15 is 0 Å². The molecule has 0 saturated carbocycles. The maximum Gasteiger partial charge on any atom is 0.337 e. The van der Waals surface area contributed by atoms with E-state index in [0.29, 0.717) is 17.8 Å². The fourth-order valence-corrected chi connectivity index (χ4v) is 1.67. The fourth-order valence-electron chi connectivity index (χ4n) is 1.67. The van der Waals surface area contributed by atoms with Crippen LogP contribution >= 0.6 is 0 Å². The Bertz CT molecular complexity index is 570. The lowest BCUT2D eigenvalue weighted by atomic mass is 10.1. The molecule has 1 aromatic carbocycles. The van der Waals surface area contributed by atoms with Crippen LogP contribution in [0, 0.1) is 0 Å². The van der Waals surface area contributed by atoms with E-state index in [-0.39, 0.29) is 0 Å². The Morgan fingerprint density at radius 2 is 2.05 bits per heavy atom. The van der Waals surface area contributed by atoms with Gasteiger partial charge >= 0.3 is 5.97 Å². The van der Waals surface area contributed by atoms with Crippen LogP contribution in [-0.4, -0.2) is 18.1 Å². The van der Waals surface area contributed by atoms with Gasteiger partial charge in [-0.15, -0.1) is 0 Å². The third-order valence-corrected chi connectivity index (χ3v) is 2.70. The summed E-state index contributed by atoms with van der Waals surface area (Å²) in [5, 5.41) is 3.21. The lowest BCUT2D eigenvalue weighted by molar-refractivity contribution is 0.0601. The molecule has 0 fully saturated rings. The highest BCUT2D eigenvalue weighted by atomic mass is 16.5. The first-order valence-corrected chi connectivity index (χ1v) is 5.81. The molecule has 2 aromatic rings. The van der Waals surface area contributed by atoms with Crippen molar-refractivity contribution in [1.82, 2.24) is 4.98 Å². The first kappa shape index (κ1) is 12.9. The van der Waals surface area contributed by atoms with Crippen LogP contribution in [-0.2, 0) is 11.3 Å². The van der Waals surface area contributed by atoms with E-state index in [1.54, 1.807) is 30.6 Å². The maximum atomic E-state index is 11.4. The Hall–Kier alpha value is -2.56. The van der Waals surface area contributed by atoms with Crippen molar-refractivity contribution >= 4 is 17.3 Å². The number of benzene rings is 1. The summed E-state index contributed by atoms with van der Waals surface area (Å²) in [5.41, 5.74) is 8.73. The number of nitrogens with one attached hydrogen (secondary N) is 1. The van der Waals surface area contributed by atoms with Crippen molar-refractivity contribution in [3.63, 3.8) is 0 Å². The van der Waals surface area contributed by atoms with Gasteiger partial charge in [0.2, 0.25) is 0 Å². The van der Waals surface area contributed by atoms with Gasteiger partial charge in [0, 0.05) is 18.9 Å². The number of nitrogen functional groups attached to an aromatic ring is 1. The summed E-state index contributed by atoms with van der Waals surface area (Å²) in [4.78, 5) is 15.3. The van der Waals surface area contributed by atoms with Crippen LogP contribution in [0.25, 0.3) is 0 Å². The van der Waals surface area contributed by atoms with E-state index < -0.39 is 5.97 Å². The molecule has 0 bridgehead atoms. The summed E-state index contributed by atoms with van der Waals surface area (Å²) in [6, 6.07) is 8.89. The molecule has 0 radical (unpaired) electrons. The number of hydrogen-bond acceptors (Lipinski definition) is 5. The van der Waals surface area contributed by atoms with E-state index in [9.17, 15) is 4.79 Å². The summed E-state index contributed by atoms with van der Waals surface area (Å²) in [7, 11) is 1.34. The standard InChI is InChI=1S/C14H15N3O2/c1-19-14(18)11-2-3-13(12(15)8-11)17-9-10-4-6-16-7-5-10/h2-8,17H,9,15H2,1H3. The predicted octanol–water partition coefficient (Wildman–Crippen LogP) is 2.06. The molecule has 3 N–H and O–H groups in total. The molecule has 0 aliphatic rings. The third kappa shape index (κ3) is 3.22. The van der Waals surface area contributed by atoms with Crippen LogP contribution in [0.3, 0.4) is 0 Å². The molecule has 19 heavy (non-hydrogen) atoms. The van der Waals surface area contributed by atoms with Crippen molar-refractivity contribution in [1.29, 1.82) is 0 Å². The van der Waals surface area contributed by atoms with Gasteiger partial charge in [0.15, 0.2) is 0 Å². The van der Waals surface area contributed by atoms with Gasteiger partial charge in [-0.1, -0.05) is 0 Å². The zero-order valence-electron chi connectivity index (χ0n) is 10.6. The van der Waals surface area contributed by atoms with Gasteiger partial charge in [0.05, 0.1) is 24.0 Å². The number of hydrogen-bond donors (Lipinski definition) is 2. The molecule has 1 aromatic heterocycles. The molecule has 5 heteroatoms. The van der Waals surface area contributed by atoms with Gasteiger partial charge in [-0.05, 0) is 35.9 Å². The Labute approximate surface area is 111 Å². The second-order valence-electron chi connectivity index (χ2n) is 4.00. The molecule has 0 aliphatic heterocycles. The Morgan fingerprint density at radius 1 is 1.32 bits per heavy atom. The Kier molecular flexibility index (Phi) is 3.97. The average molecular weight is 257 g/mol. The molecule has 5 nitrogen and oxygen atoms in total. The van der Waals surface area contributed by atoms with E-state index in [2.05, 4.69) is 15.0 Å². The maximum absolute atomic E-state index is 11.4. The van der Waals surface area contributed by atoms with E-state index in [4.69, 9.17) is 5.73 Å². The van der Waals surface area contributed by atoms with Crippen LogP contribution in [0.15, 0.2) is 42.7 Å². The topological polar surface area (TPSA) is 77.2 Å². The molecule has 0 spiro atoms. The largest absolute Gasteiger partial charge is 0.465 e. The van der Waals surface area contributed by atoms with Gasteiger partial charge in [-0.3, -0.25) is 4.98 Å². The predicted molar refractivity (Wildman–Crippen MR) is 73.8 cm³/mol. The summed E-state index contributed by atoms with van der Waals surface area (Å²) < 4.78 is 4.64. The molecule has 1 heterocycles. The number of aromatic nitrogens is 1.